The minimum atomic E-state index is -4.12. The highest BCUT2D eigenvalue weighted by Crippen LogP contribution is 2.15. The zero-order chi connectivity index (χ0) is 14.8. The number of rotatable bonds is 4. The Morgan fingerprint density at radius 2 is 1.65 bits per heavy atom. The van der Waals surface area contributed by atoms with Gasteiger partial charge >= 0.3 is 0 Å². The highest BCUT2D eigenvalue weighted by molar-refractivity contribution is 7.85. The van der Waals surface area contributed by atoms with Crippen LogP contribution in [0.1, 0.15) is 16.7 Å². The molecule has 0 fully saturated rings. The first kappa shape index (κ1) is 14.6. The van der Waals surface area contributed by atoms with Gasteiger partial charge in [-0.3, -0.25) is 4.55 Å². The highest BCUT2D eigenvalue weighted by Gasteiger charge is 2.08. The molecule has 4 nitrogen and oxygen atoms in total. The molecule has 0 aliphatic heterocycles. The Balaban J connectivity index is 2.06. The van der Waals surface area contributed by atoms with Gasteiger partial charge in [-0.1, -0.05) is 18.2 Å². The van der Waals surface area contributed by atoms with Crippen LogP contribution in [0.2, 0.25) is 0 Å². The van der Waals surface area contributed by atoms with Crippen LogP contribution in [0.3, 0.4) is 0 Å². The van der Waals surface area contributed by atoms with Crippen LogP contribution in [0.4, 0.5) is 5.69 Å². The first-order valence-corrected chi connectivity index (χ1v) is 7.68. The second-order valence-electron chi connectivity index (χ2n) is 4.77. The Hall–Kier alpha value is -1.85. The molecule has 2 aromatic carbocycles. The van der Waals surface area contributed by atoms with Crippen LogP contribution < -0.4 is 5.32 Å². The summed E-state index contributed by atoms with van der Waals surface area (Å²) in [5.74, 6) is 0. The van der Waals surface area contributed by atoms with E-state index in [0.29, 0.717) is 6.54 Å². The average Bonchev–Trinajstić information content (AvgIpc) is 2.40. The fourth-order valence-corrected chi connectivity index (χ4v) is 2.34. The maximum atomic E-state index is 10.9. The topological polar surface area (TPSA) is 66.4 Å². The van der Waals surface area contributed by atoms with Gasteiger partial charge in [0.15, 0.2) is 0 Å². The summed E-state index contributed by atoms with van der Waals surface area (Å²) < 4.78 is 30.8. The molecule has 0 aliphatic carbocycles. The van der Waals surface area contributed by atoms with Gasteiger partial charge in [0.25, 0.3) is 10.1 Å². The van der Waals surface area contributed by atoms with E-state index in [-0.39, 0.29) is 4.90 Å². The molecule has 0 radical (unpaired) electrons. The smallest absolute Gasteiger partial charge is 0.294 e. The van der Waals surface area contributed by atoms with Crippen molar-refractivity contribution in [1.82, 2.24) is 0 Å². The van der Waals surface area contributed by atoms with Gasteiger partial charge < -0.3 is 5.32 Å². The van der Waals surface area contributed by atoms with Crippen LogP contribution in [0, 0.1) is 13.8 Å². The lowest BCUT2D eigenvalue weighted by Crippen LogP contribution is -2.01. The number of benzene rings is 2. The van der Waals surface area contributed by atoms with Crippen molar-refractivity contribution >= 4 is 15.8 Å². The number of nitrogens with one attached hydrogen (secondary N) is 1. The van der Waals surface area contributed by atoms with Crippen LogP contribution >= 0.6 is 0 Å². The van der Waals surface area contributed by atoms with E-state index in [1.807, 2.05) is 0 Å². The molecule has 0 heterocycles. The highest BCUT2D eigenvalue weighted by atomic mass is 32.2. The van der Waals surface area contributed by atoms with Crippen LogP contribution in [-0.2, 0) is 16.7 Å². The summed E-state index contributed by atoms with van der Waals surface area (Å²) >= 11 is 0. The third-order valence-electron chi connectivity index (χ3n) is 3.22. The van der Waals surface area contributed by atoms with Crippen molar-refractivity contribution in [3.8, 4) is 0 Å². The van der Waals surface area contributed by atoms with E-state index in [2.05, 4.69) is 37.4 Å². The van der Waals surface area contributed by atoms with Crippen LogP contribution in [0.15, 0.2) is 47.4 Å². The van der Waals surface area contributed by atoms with Gasteiger partial charge in [0.1, 0.15) is 0 Å². The second kappa shape index (κ2) is 5.64. The largest absolute Gasteiger partial charge is 0.381 e. The summed E-state index contributed by atoms with van der Waals surface area (Å²) in [4.78, 5) is -0.103. The number of hydrogen-bond acceptors (Lipinski definition) is 3. The van der Waals surface area contributed by atoms with Gasteiger partial charge in [-0.25, -0.2) is 0 Å². The number of anilines is 1. The molecule has 2 aromatic rings. The molecule has 0 atom stereocenters. The summed E-state index contributed by atoms with van der Waals surface area (Å²) in [7, 11) is -4.12. The van der Waals surface area contributed by atoms with Crippen molar-refractivity contribution in [2.75, 3.05) is 5.32 Å². The molecule has 0 spiro atoms. The summed E-state index contributed by atoms with van der Waals surface area (Å²) in [6.45, 7) is 4.80. The zero-order valence-corrected chi connectivity index (χ0v) is 12.2. The van der Waals surface area contributed by atoms with E-state index >= 15 is 0 Å². The van der Waals surface area contributed by atoms with Gasteiger partial charge in [0, 0.05) is 12.2 Å². The molecule has 0 amide bonds. The van der Waals surface area contributed by atoms with Crippen molar-refractivity contribution in [3.05, 3.63) is 59.2 Å². The predicted octanol–water partition coefficient (Wildman–Crippen LogP) is 3.16. The van der Waals surface area contributed by atoms with E-state index in [1.165, 1.54) is 23.3 Å². The van der Waals surface area contributed by atoms with E-state index in [1.54, 1.807) is 12.1 Å². The zero-order valence-electron chi connectivity index (χ0n) is 11.4. The maximum Gasteiger partial charge on any atom is 0.294 e. The van der Waals surface area contributed by atoms with Crippen LogP contribution in [0.25, 0.3) is 0 Å². The van der Waals surface area contributed by atoms with Crippen molar-refractivity contribution in [2.45, 2.75) is 25.3 Å². The molecule has 0 saturated carbocycles. The van der Waals surface area contributed by atoms with Gasteiger partial charge in [0.2, 0.25) is 0 Å². The monoisotopic (exact) mass is 291 g/mol. The van der Waals surface area contributed by atoms with Crippen LogP contribution in [-0.4, -0.2) is 13.0 Å². The Morgan fingerprint density at radius 3 is 2.20 bits per heavy atom. The van der Waals surface area contributed by atoms with E-state index < -0.39 is 10.1 Å². The van der Waals surface area contributed by atoms with Crippen molar-refractivity contribution in [2.24, 2.45) is 0 Å². The normalized spacial score (nSPS) is 11.3. The third kappa shape index (κ3) is 3.59. The average molecular weight is 291 g/mol. The molecule has 0 saturated heterocycles. The lowest BCUT2D eigenvalue weighted by atomic mass is 10.1. The molecular weight excluding hydrogens is 274 g/mol. The molecule has 2 rings (SSSR count). The second-order valence-corrected chi connectivity index (χ2v) is 6.19. The minimum Gasteiger partial charge on any atom is -0.381 e. The summed E-state index contributed by atoms with van der Waals surface area (Å²) in [5, 5.41) is 3.21. The molecular formula is C15H17NO3S. The maximum absolute atomic E-state index is 10.9. The Bertz CT molecular complexity index is 706. The van der Waals surface area contributed by atoms with E-state index in [9.17, 15) is 8.42 Å². The quantitative estimate of drug-likeness (QED) is 0.849. The lowest BCUT2D eigenvalue weighted by Gasteiger charge is -2.09. The molecule has 2 N–H and O–H groups in total. The van der Waals surface area contributed by atoms with Crippen molar-refractivity contribution < 1.29 is 13.0 Å². The molecule has 0 aliphatic rings. The van der Waals surface area contributed by atoms with Gasteiger partial charge in [-0.2, -0.15) is 8.42 Å². The van der Waals surface area contributed by atoms with Crippen LogP contribution in [0.5, 0.6) is 0 Å². The first-order valence-electron chi connectivity index (χ1n) is 6.24. The predicted molar refractivity (Wildman–Crippen MR) is 79.5 cm³/mol. The van der Waals surface area contributed by atoms with E-state index in [0.717, 1.165) is 11.3 Å². The fraction of sp³-hybridized carbons (Fsp3) is 0.200. The van der Waals surface area contributed by atoms with Crippen molar-refractivity contribution in [3.63, 3.8) is 0 Å². The van der Waals surface area contributed by atoms with Gasteiger partial charge in [0.05, 0.1) is 4.90 Å². The van der Waals surface area contributed by atoms with E-state index in [4.69, 9.17) is 4.55 Å². The molecule has 0 bridgehead atoms. The molecule has 0 aromatic heterocycles. The molecule has 106 valence electrons. The summed E-state index contributed by atoms with van der Waals surface area (Å²) in [5.41, 5.74) is 4.46. The Labute approximate surface area is 119 Å². The molecule has 20 heavy (non-hydrogen) atoms. The summed E-state index contributed by atoms with van der Waals surface area (Å²) in [6.07, 6.45) is 0. The fourth-order valence-electron chi connectivity index (χ4n) is 1.86. The minimum absolute atomic E-state index is 0.103. The first-order chi connectivity index (χ1) is 9.36. The number of aryl methyl sites for hydroxylation is 2. The Kier molecular flexibility index (Phi) is 4.11. The lowest BCUT2D eigenvalue weighted by molar-refractivity contribution is 0.483. The summed E-state index contributed by atoms with van der Waals surface area (Å²) in [6, 6.07) is 12.3. The van der Waals surface area contributed by atoms with Gasteiger partial charge in [-0.15, -0.1) is 0 Å². The van der Waals surface area contributed by atoms with Crippen molar-refractivity contribution in [1.29, 1.82) is 0 Å². The Morgan fingerprint density at radius 1 is 1.00 bits per heavy atom. The third-order valence-corrected chi connectivity index (χ3v) is 4.09. The molecule has 0 unspecified atom stereocenters. The molecule has 5 heteroatoms. The number of hydrogen-bond donors (Lipinski definition) is 2. The standard InChI is InChI=1S/C15H17NO3S/c1-11-3-4-13(9-12(11)2)10-16-14-5-7-15(8-6-14)20(17,18)19/h3-9,16H,10H2,1-2H3,(H,17,18,19). The van der Waals surface area contributed by atoms with Gasteiger partial charge in [-0.05, 0) is 54.8 Å². The SMILES string of the molecule is Cc1ccc(CNc2ccc(S(=O)(=O)O)cc2)cc1C.